The van der Waals surface area contributed by atoms with Gasteiger partial charge in [-0.1, -0.05) is 0 Å². The summed E-state index contributed by atoms with van der Waals surface area (Å²) in [6, 6.07) is 0.889. The number of nitrogens with one attached hydrogen (secondary N) is 1. The molecule has 0 aliphatic carbocycles. The Hall–Kier alpha value is -1.90. The number of halogens is 4. The predicted molar refractivity (Wildman–Crippen MR) is 53.5 cm³/mol. The fraction of sp³-hybridized carbons (Fsp3) is 0.333. The second kappa shape index (κ2) is 5.63. The first-order valence-corrected chi connectivity index (χ1v) is 4.66. The molecule has 5 nitrogen and oxygen atoms in total. The molecule has 0 heterocycles. The maximum absolute atomic E-state index is 13.2. The number of nitro groups is 1. The SMILES string of the molecule is O=[N+]([O-])c1cc(F)c(NCC(O)C(F)F)c(F)c1. The van der Waals surface area contributed by atoms with E-state index in [1.807, 2.05) is 5.32 Å². The summed E-state index contributed by atoms with van der Waals surface area (Å²) in [4.78, 5) is 9.29. The van der Waals surface area contributed by atoms with Crippen LogP contribution in [-0.2, 0) is 0 Å². The van der Waals surface area contributed by atoms with Crippen LogP contribution in [-0.4, -0.2) is 29.1 Å². The molecule has 0 aliphatic rings. The quantitative estimate of drug-likeness (QED) is 0.486. The molecule has 0 spiro atoms. The maximum Gasteiger partial charge on any atom is 0.275 e. The first-order valence-electron chi connectivity index (χ1n) is 4.66. The second-order valence-corrected chi connectivity index (χ2v) is 3.32. The van der Waals surface area contributed by atoms with Crippen LogP contribution in [0.4, 0.5) is 28.9 Å². The molecule has 1 aromatic carbocycles. The summed E-state index contributed by atoms with van der Waals surface area (Å²) in [6.45, 7) is -0.788. The van der Waals surface area contributed by atoms with E-state index in [4.69, 9.17) is 5.11 Å². The van der Waals surface area contributed by atoms with E-state index in [1.165, 1.54) is 0 Å². The number of alkyl halides is 2. The predicted octanol–water partition coefficient (Wildman–Crippen LogP) is 1.91. The van der Waals surface area contributed by atoms with E-state index >= 15 is 0 Å². The van der Waals surface area contributed by atoms with Crippen molar-refractivity contribution in [3.63, 3.8) is 0 Å². The van der Waals surface area contributed by atoms with Crippen molar-refractivity contribution < 1.29 is 27.6 Å². The van der Waals surface area contributed by atoms with Crippen LogP contribution in [0.5, 0.6) is 0 Å². The molecule has 1 atom stereocenters. The number of nitro benzene ring substituents is 1. The molecule has 0 saturated carbocycles. The van der Waals surface area contributed by atoms with Gasteiger partial charge in [-0.2, -0.15) is 0 Å². The molecule has 9 heteroatoms. The lowest BCUT2D eigenvalue weighted by Crippen LogP contribution is -2.27. The van der Waals surface area contributed by atoms with Gasteiger partial charge in [-0.3, -0.25) is 10.1 Å². The molecule has 100 valence electrons. The molecule has 2 N–H and O–H groups in total. The van der Waals surface area contributed by atoms with Gasteiger partial charge in [0, 0.05) is 6.54 Å². The van der Waals surface area contributed by atoms with Gasteiger partial charge >= 0.3 is 0 Å². The Labute approximate surface area is 98.2 Å². The van der Waals surface area contributed by atoms with Crippen LogP contribution in [0.25, 0.3) is 0 Å². The monoisotopic (exact) mass is 268 g/mol. The van der Waals surface area contributed by atoms with Crippen molar-refractivity contribution in [1.82, 2.24) is 0 Å². The van der Waals surface area contributed by atoms with Crippen LogP contribution in [0.3, 0.4) is 0 Å². The van der Waals surface area contributed by atoms with Gasteiger partial charge in [0.2, 0.25) is 0 Å². The highest BCUT2D eigenvalue weighted by Crippen LogP contribution is 2.24. The van der Waals surface area contributed by atoms with Gasteiger partial charge in [0.15, 0.2) is 11.6 Å². The van der Waals surface area contributed by atoms with E-state index in [9.17, 15) is 27.7 Å². The lowest BCUT2D eigenvalue weighted by atomic mass is 10.2. The summed E-state index contributed by atoms with van der Waals surface area (Å²) in [7, 11) is 0. The van der Waals surface area contributed by atoms with E-state index in [0.29, 0.717) is 12.1 Å². The number of non-ortho nitro benzene ring substituents is 1. The number of nitrogens with zero attached hydrogens (tertiary/aromatic N) is 1. The average molecular weight is 268 g/mol. The third-order valence-electron chi connectivity index (χ3n) is 2.02. The van der Waals surface area contributed by atoms with Crippen molar-refractivity contribution in [3.8, 4) is 0 Å². The van der Waals surface area contributed by atoms with E-state index in [0.717, 1.165) is 0 Å². The Morgan fingerprint density at radius 3 is 2.22 bits per heavy atom. The standard InChI is InChI=1S/C9H8F4N2O3/c10-5-1-4(15(17)18)2-6(11)8(5)14-3-7(16)9(12)13/h1-2,7,9,14,16H,3H2. The summed E-state index contributed by atoms with van der Waals surface area (Å²) in [5.74, 6) is -2.61. The largest absolute Gasteiger partial charge is 0.385 e. The van der Waals surface area contributed by atoms with Crippen molar-refractivity contribution in [2.24, 2.45) is 0 Å². The number of benzene rings is 1. The van der Waals surface area contributed by atoms with Gasteiger partial charge in [-0.25, -0.2) is 17.6 Å². The van der Waals surface area contributed by atoms with Gasteiger partial charge < -0.3 is 10.4 Å². The van der Waals surface area contributed by atoms with Gasteiger partial charge in [0.1, 0.15) is 11.8 Å². The maximum atomic E-state index is 13.2. The average Bonchev–Trinajstić information content (AvgIpc) is 2.26. The summed E-state index contributed by atoms with van der Waals surface area (Å²) >= 11 is 0. The molecular weight excluding hydrogens is 260 g/mol. The Balaban J connectivity index is 2.87. The van der Waals surface area contributed by atoms with Crippen molar-refractivity contribution in [3.05, 3.63) is 33.9 Å². The molecule has 0 amide bonds. The summed E-state index contributed by atoms with van der Waals surface area (Å²) < 4.78 is 50.4. The van der Waals surface area contributed by atoms with Gasteiger partial charge in [0.25, 0.3) is 12.1 Å². The van der Waals surface area contributed by atoms with E-state index in [2.05, 4.69) is 0 Å². The van der Waals surface area contributed by atoms with Crippen LogP contribution >= 0.6 is 0 Å². The van der Waals surface area contributed by atoms with Gasteiger partial charge in [-0.15, -0.1) is 0 Å². The molecular formula is C9H8F4N2O3. The minimum absolute atomic E-state index is 0.445. The first kappa shape index (κ1) is 14.2. The fourth-order valence-electron chi connectivity index (χ4n) is 1.13. The molecule has 0 bridgehead atoms. The van der Waals surface area contributed by atoms with Crippen molar-refractivity contribution in [2.45, 2.75) is 12.5 Å². The number of rotatable bonds is 5. The summed E-state index contributed by atoms with van der Waals surface area (Å²) in [5, 5.41) is 21.0. The number of hydrogen-bond donors (Lipinski definition) is 2. The van der Waals surface area contributed by atoms with Crippen LogP contribution < -0.4 is 5.32 Å². The zero-order valence-corrected chi connectivity index (χ0v) is 8.74. The number of aliphatic hydroxyl groups excluding tert-OH is 1. The number of aliphatic hydroxyl groups is 1. The fourth-order valence-corrected chi connectivity index (χ4v) is 1.13. The molecule has 0 radical (unpaired) electrons. The molecule has 0 aliphatic heterocycles. The molecule has 1 aromatic rings. The third-order valence-corrected chi connectivity index (χ3v) is 2.02. The topological polar surface area (TPSA) is 75.4 Å². The Bertz CT molecular complexity index is 432. The zero-order valence-electron chi connectivity index (χ0n) is 8.74. The van der Waals surface area contributed by atoms with Crippen LogP contribution in [0, 0.1) is 21.7 Å². The Kier molecular flexibility index (Phi) is 4.43. The van der Waals surface area contributed by atoms with Crippen LogP contribution in [0.15, 0.2) is 12.1 Å². The molecule has 1 unspecified atom stereocenters. The lowest BCUT2D eigenvalue weighted by molar-refractivity contribution is -0.385. The van der Waals surface area contributed by atoms with Crippen molar-refractivity contribution in [2.75, 3.05) is 11.9 Å². The van der Waals surface area contributed by atoms with Crippen molar-refractivity contribution >= 4 is 11.4 Å². The van der Waals surface area contributed by atoms with E-state index in [-0.39, 0.29) is 0 Å². The highest BCUT2D eigenvalue weighted by Gasteiger charge is 2.20. The minimum atomic E-state index is -3.07. The normalized spacial score (nSPS) is 12.6. The van der Waals surface area contributed by atoms with E-state index in [1.54, 1.807) is 0 Å². The van der Waals surface area contributed by atoms with Gasteiger partial charge in [-0.05, 0) is 0 Å². The molecule has 0 aromatic heterocycles. The van der Waals surface area contributed by atoms with Crippen LogP contribution in [0.1, 0.15) is 0 Å². The molecule has 18 heavy (non-hydrogen) atoms. The third kappa shape index (κ3) is 3.29. The van der Waals surface area contributed by atoms with Crippen molar-refractivity contribution in [1.29, 1.82) is 0 Å². The van der Waals surface area contributed by atoms with E-state index < -0.39 is 47.0 Å². The Morgan fingerprint density at radius 2 is 1.83 bits per heavy atom. The molecule has 1 rings (SSSR count). The lowest BCUT2D eigenvalue weighted by Gasteiger charge is -2.12. The van der Waals surface area contributed by atoms with Gasteiger partial charge in [0.05, 0.1) is 17.1 Å². The number of anilines is 1. The van der Waals surface area contributed by atoms with Crippen LogP contribution in [0.2, 0.25) is 0 Å². The highest BCUT2D eigenvalue weighted by molar-refractivity contribution is 5.51. The summed E-state index contributed by atoms with van der Waals surface area (Å²) in [6.07, 6.45) is -5.17. The smallest absolute Gasteiger partial charge is 0.275 e. The number of hydrogen-bond acceptors (Lipinski definition) is 4. The molecule has 0 saturated heterocycles. The minimum Gasteiger partial charge on any atom is -0.385 e. The first-order chi connectivity index (χ1) is 8.32. The highest BCUT2D eigenvalue weighted by atomic mass is 19.3. The summed E-state index contributed by atoms with van der Waals surface area (Å²) in [5.41, 5.74) is -1.61. The zero-order chi connectivity index (χ0) is 13.9. The second-order valence-electron chi connectivity index (χ2n) is 3.32. The Morgan fingerprint density at radius 1 is 1.33 bits per heavy atom. The molecule has 0 fully saturated rings.